The molecule has 0 aromatic carbocycles. The van der Waals surface area contributed by atoms with Crippen LogP contribution in [0.4, 0.5) is 0 Å². The molecule has 2 saturated carbocycles. The standard InChI is InChI=1S/C12H23N/c1-3-7-11(8-4-1)13-12-9-5-2-6-10-12/h11-13H,1-10H2/i1D2,2D2,3D2,4D2,5D2,6D2,7D,8D2,9D,10D2,11D,12D. The SMILES string of the molecule is [2H]C1C([2H])([2H])C([2H])([2H])C([2H])([2H])C([2H])([2H])C1([2H])NC1([2H])C([2H])C([2H])([2H])C([2H])([2H])C([2H])([2H])C1([2H])[2H]. The van der Waals surface area contributed by atoms with Crippen LogP contribution in [0.5, 0.6) is 0 Å². The number of hydrogen-bond acceptors (Lipinski definition) is 1. The summed E-state index contributed by atoms with van der Waals surface area (Å²) in [6, 6.07) is -7.54. The fourth-order valence-electron chi connectivity index (χ4n) is 0.838. The molecule has 2 aliphatic carbocycles. The normalized spacial score (nSPS) is 112. The van der Waals surface area contributed by atoms with Gasteiger partial charge in [-0.15, -0.1) is 0 Å². The largest absolute Gasteiger partial charge is 0.311 e. The first-order valence-corrected chi connectivity index (χ1v) is 3.65. The lowest BCUT2D eigenvalue weighted by Gasteiger charge is -2.30. The van der Waals surface area contributed by atoms with Crippen LogP contribution in [0, 0.1) is 0 Å². The molecule has 0 heterocycles. The minimum Gasteiger partial charge on any atom is -0.311 e. The van der Waals surface area contributed by atoms with E-state index in [2.05, 4.69) is 0 Å². The Hall–Kier alpha value is -0.0400. The van der Waals surface area contributed by atoms with Gasteiger partial charge in [-0.1, -0.05) is 38.2 Å². The van der Waals surface area contributed by atoms with Gasteiger partial charge in [0, 0.05) is 39.5 Å². The van der Waals surface area contributed by atoms with E-state index in [0.717, 1.165) is 0 Å². The molecule has 0 spiro atoms. The van der Waals surface area contributed by atoms with E-state index in [9.17, 15) is 0 Å². The van der Waals surface area contributed by atoms with Crippen molar-refractivity contribution in [3.63, 3.8) is 0 Å². The van der Waals surface area contributed by atoms with Gasteiger partial charge in [0.05, 0.1) is 0 Å². The summed E-state index contributed by atoms with van der Waals surface area (Å²) in [5.74, 6) is 0. The van der Waals surface area contributed by atoms with Gasteiger partial charge in [-0.25, -0.2) is 0 Å². The van der Waals surface area contributed by atoms with Crippen molar-refractivity contribution in [1.29, 1.82) is 0 Å². The second-order valence-corrected chi connectivity index (χ2v) is 2.28. The van der Waals surface area contributed by atoms with E-state index in [4.69, 9.17) is 27.4 Å². The van der Waals surface area contributed by atoms with E-state index >= 15 is 0 Å². The molecule has 2 aliphatic rings. The molecule has 4 unspecified atom stereocenters. The molecule has 0 aliphatic heterocycles. The predicted octanol–water partition coefficient (Wildman–Crippen LogP) is 3.24. The van der Waals surface area contributed by atoms with Crippen LogP contribution < -0.4 is 5.32 Å². The minimum absolute atomic E-state index is 1.50. The second kappa shape index (κ2) is 4.99. The van der Waals surface area contributed by atoms with Crippen molar-refractivity contribution in [2.75, 3.05) is 0 Å². The van der Waals surface area contributed by atoms with Gasteiger partial charge in [0.2, 0.25) is 0 Å². The Morgan fingerprint density at radius 1 is 0.846 bits per heavy atom. The van der Waals surface area contributed by atoms with E-state index in [1.54, 1.807) is 0 Å². The summed E-state index contributed by atoms with van der Waals surface area (Å²) in [5, 5.41) is 1.50. The van der Waals surface area contributed by atoms with Crippen LogP contribution in [-0.2, 0) is 0 Å². The molecular weight excluding hydrogens is 158 g/mol. The maximum atomic E-state index is 8.47. The molecule has 0 saturated heterocycles. The molecule has 0 aromatic rings. The Labute approximate surface area is 110 Å². The molecule has 76 valence electrons. The van der Waals surface area contributed by atoms with Gasteiger partial charge in [0.1, 0.15) is 0 Å². The van der Waals surface area contributed by atoms with Gasteiger partial charge in [-0.05, 0) is 25.5 Å². The third kappa shape index (κ3) is 2.98. The Bertz CT molecular complexity index is 752. The summed E-state index contributed by atoms with van der Waals surface area (Å²) in [5.41, 5.74) is 0. The van der Waals surface area contributed by atoms with Gasteiger partial charge in [0.15, 0.2) is 0 Å². The maximum absolute atomic E-state index is 8.47. The summed E-state index contributed by atoms with van der Waals surface area (Å²) in [7, 11) is 0. The fraction of sp³-hybridized carbons (Fsp3) is 1.00. The summed E-state index contributed by atoms with van der Waals surface area (Å²) < 4.78 is 160. The molecule has 13 heavy (non-hydrogen) atoms. The lowest BCUT2D eigenvalue weighted by atomic mass is 9.91. The van der Waals surface area contributed by atoms with Gasteiger partial charge >= 0.3 is 0 Å². The van der Waals surface area contributed by atoms with Crippen LogP contribution in [0.2, 0.25) is 0 Å². The van der Waals surface area contributed by atoms with Crippen LogP contribution in [0.3, 0.4) is 0 Å². The molecule has 0 amide bonds. The van der Waals surface area contributed by atoms with Crippen LogP contribution in [0.1, 0.15) is 91.2 Å². The van der Waals surface area contributed by atoms with Gasteiger partial charge < -0.3 is 5.32 Å². The first-order valence-electron chi connectivity index (χ1n) is 13.8. The maximum Gasteiger partial charge on any atom is 0.0465 e. The van der Waals surface area contributed by atoms with Crippen LogP contribution in [0.25, 0.3) is 0 Å². The number of nitrogens with one attached hydrogen (secondary N) is 1. The monoisotopic (exact) mass is 201 g/mol. The Morgan fingerprint density at radius 2 is 1.38 bits per heavy atom. The minimum atomic E-state index is -3.92. The van der Waals surface area contributed by atoms with Crippen molar-refractivity contribution < 1.29 is 27.4 Å². The highest BCUT2D eigenvalue weighted by Crippen LogP contribution is 2.22. The quantitative estimate of drug-likeness (QED) is 0.723. The zero-order valence-electron chi connectivity index (χ0n) is 26.7. The van der Waals surface area contributed by atoms with Crippen molar-refractivity contribution >= 4 is 0 Å². The summed E-state index contributed by atoms with van der Waals surface area (Å²) in [4.78, 5) is 0. The van der Waals surface area contributed by atoms with Crippen molar-refractivity contribution in [1.82, 2.24) is 5.32 Å². The zero-order chi connectivity index (χ0) is 26.9. The molecule has 1 nitrogen and oxygen atoms in total. The molecule has 0 aromatic heterocycles. The highest BCUT2D eigenvalue weighted by Gasteiger charge is 2.19. The lowest BCUT2D eigenvalue weighted by molar-refractivity contribution is 0.291. The Kier molecular flexibility index (Phi) is 0.618. The highest BCUT2D eigenvalue weighted by molar-refractivity contribution is 4.79. The van der Waals surface area contributed by atoms with Crippen molar-refractivity contribution in [2.45, 2.75) is 75.8 Å². The molecular formula is C12H23N. The molecule has 0 radical (unpaired) electrons. The lowest BCUT2D eigenvalue weighted by Crippen LogP contribution is -2.40. The average molecular weight is 201 g/mol. The molecule has 2 rings (SSSR count). The van der Waals surface area contributed by atoms with Gasteiger partial charge in [-0.3, -0.25) is 0 Å². The molecule has 4 atom stereocenters. The Morgan fingerprint density at radius 3 is 1.92 bits per heavy atom. The molecule has 0 bridgehead atoms. The van der Waals surface area contributed by atoms with E-state index in [1.807, 2.05) is 0 Å². The zero-order valence-corrected chi connectivity index (χ0v) is 6.65. The topological polar surface area (TPSA) is 12.0 Å². The molecule has 1 heteroatoms. The second-order valence-electron chi connectivity index (χ2n) is 2.28. The van der Waals surface area contributed by atoms with Gasteiger partial charge in [-0.2, -0.15) is 0 Å². The third-order valence-electron chi connectivity index (χ3n) is 1.37. The highest BCUT2D eigenvalue weighted by atomic mass is 14.9. The smallest absolute Gasteiger partial charge is 0.0465 e. The summed E-state index contributed by atoms with van der Waals surface area (Å²) in [6.45, 7) is 0. The van der Waals surface area contributed by atoms with E-state index in [-0.39, 0.29) is 0 Å². The Balaban J connectivity index is 2.85. The van der Waals surface area contributed by atoms with Crippen molar-refractivity contribution in [3.05, 3.63) is 0 Å². The van der Waals surface area contributed by atoms with E-state index in [1.165, 1.54) is 5.32 Å². The number of rotatable bonds is 2. The third-order valence-corrected chi connectivity index (χ3v) is 1.37. The first-order chi connectivity index (χ1) is 14.0. The van der Waals surface area contributed by atoms with Crippen LogP contribution in [-0.4, -0.2) is 12.0 Å². The van der Waals surface area contributed by atoms with Gasteiger partial charge in [0.25, 0.3) is 0 Å². The van der Waals surface area contributed by atoms with Crippen LogP contribution in [0.15, 0.2) is 0 Å². The van der Waals surface area contributed by atoms with E-state index in [0.29, 0.717) is 0 Å². The molecule has 1 N–H and O–H groups in total. The van der Waals surface area contributed by atoms with Crippen LogP contribution >= 0.6 is 0 Å². The average Bonchev–Trinajstić information content (AvgIpc) is 2.63. The van der Waals surface area contributed by atoms with E-state index < -0.39 is 75.8 Å². The summed E-state index contributed by atoms with van der Waals surface area (Å²) in [6.07, 6.45) is -36.2. The summed E-state index contributed by atoms with van der Waals surface area (Å²) >= 11 is 0. The van der Waals surface area contributed by atoms with Crippen molar-refractivity contribution in [2.24, 2.45) is 0 Å². The number of hydrogen-bond donors (Lipinski definition) is 1. The predicted molar refractivity (Wildman–Crippen MR) is 56.9 cm³/mol. The fourth-order valence-corrected chi connectivity index (χ4v) is 0.838. The van der Waals surface area contributed by atoms with Crippen molar-refractivity contribution in [3.8, 4) is 0 Å². The molecule has 2 fully saturated rings. The first kappa shape index (κ1) is 1.61.